The van der Waals surface area contributed by atoms with E-state index in [0.717, 1.165) is 47.8 Å². The van der Waals surface area contributed by atoms with Gasteiger partial charge in [0.15, 0.2) is 0 Å². The van der Waals surface area contributed by atoms with Crippen molar-refractivity contribution < 1.29 is 14.3 Å². The van der Waals surface area contributed by atoms with Crippen LogP contribution in [-0.4, -0.2) is 52.0 Å². The van der Waals surface area contributed by atoms with Gasteiger partial charge in [0, 0.05) is 31.3 Å². The van der Waals surface area contributed by atoms with E-state index >= 15 is 0 Å². The number of amides is 1. The molecule has 0 spiro atoms. The van der Waals surface area contributed by atoms with Crippen molar-refractivity contribution in [1.29, 1.82) is 0 Å². The van der Waals surface area contributed by atoms with E-state index in [2.05, 4.69) is 24.8 Å². The number of aromatic amines is 1. The molecule has 8 heteroatoms. The lowest BCUT2D eigenvalue weighted by Crippen LogP contribution is -2.33. The van der Waals surface area contributed by atoms with E-state index in [1.54, 1.807) is 7.11 Å². The Morgan fingerprint density at radius 2 is 2.19 bits per heavy atom. The molecule has 0 aromatic carbocycles. The fourth-order valence-corrected chi connectivity index (χ4v) is 3.70. The normalized spacial score (nSPS) is 20.5. The molecule has 8 nitrogen and oxygen atoms in total. The summed E-state index contributed by atoms with van der Waals surface area (Å²) in [4.78, 5) is 23.8. The Morgan fingerprint density at radius 1 is 1.35 bits per heavy atom. The van der Waals surface area contributed by atoms with Gasteiger partial charge in [0.05, 0.1) is 24.6 Å². The van der Waals surface area contributed by atoms with Crippen molar-refractivity contribution in [3.05, 3.63) is 24.8 Å². The van der Waals surface area contributed by atoms with E-state index in [0.29, 0.717) is 19.2 Å². The molecule has 0 radical (unpaired) electrons. The molecule has 3 heterocycles. The zero-order valence-electron chi connectivity index (χ0n) is 14.8. The second-order valence-electron chi connectivity index (χ2n) is 6.64. The highest BCUT2D eigenvalue weighted by molar-refractivity contribution is 6.00. The van der Waals surface area contributed by atoms with Crippen LogP contribution in [0.1, 0.15) is 31.7 Å². The van der Waals surface area contributed by atoms with Crippen molar-refractivity contribution >= 4 is 28.2 Å². The SMILES string of the molecule is COCCNC(=O)OC1CCC(n2cnc3cnc4[nH]ccc4c32)CC1. The molecule has 0 atom stereocenters. The summed E-state index contributed by atoms with van der Waals surface area (Å²) in [6, 6.07) is 2.40. The van der Waals surface area contributed by atoms with E-state index in [9.17, 15) is 4.79 Å². The zero-order chi connectivity index (χ0) is 17.9. The fourth-order valence-electron chi connectivity index (χ4n) is 3.70. The number of carbonyl (C=O) groups is 1. The summed E-state index contributed by atoms with van der Waals surface area (Å²) in [5.74, 6) is 0. The number of methoxy groups -OCH3 is 1. The van der Waals surface area contributed by atoms with Gasteiger partial charge in [-0.1, -0.05) is 0 Å². The van der Waals surface area contributed by atoms with Crippen LogP contribution in [0, 0.1) is 0 Å². The average Bonchev–Trinajstić information content (AvgIpc) is 3.28. The predicted octanol–water partition coefficient (Wildman–Crippen LogP) is 2.77. The van der Waals surface area contributed by atoms with Crippen molar-refractivity contribution in [2.24, 2.45) is 0 Å². The highest BCUT2D eigenvalue weighted by Crippen LogP contribution is 2.34. The summed E-state index contributed by atoms with van der Waals surface area (Å²) in [6.07, 6.45) is 8.84. The van der Waals surface area contributed by atoms with Crippen LogP contribution in [0.25, 0.3) is 22.1 Å². The minimum atomic E-state index is -0.362. The van der Waals surface area contributed by atoms with Gasteiger partial charge in [0.1, 0.15) is 17.3 Å². The van der Waals surface area contributed by atoms with E-state index in [-0.39, 0.29) is 12.2 Å². The van der Waals surface area contributed by atoms with Gasteiger partial charge < -0.3 is 24.3 Å². The number of ether oxygens (including phenoxy) is 2. The molecule has 1 aliphatic carbocycles. The first-order valence-electron chi connectivity index (χ1n) is 8.98. The van der Waals surface area contributed by atoms with E-state index in [1.165, 1.54) is 0 Å². The van der Waals surface area contributed by atoms with Gasteiger partial charge in [-0.3, -0.25) is 0 Å². The smallest absolute Gasteiger partial charge is 0.407 e. The number of alkyl carbamates (subject to hydrolysis) is 1. The highest BCUT2D eigenvalue weighted by atomic mass is 16.6. The Kier molecular flexibility index (Phi) is 4.75. The minimum absolute atomic E-state index is 0.0301. The molecule has 1 amide bonds. The molecule has 3 aromatic rings. The van der Waals surface area contributed by atoms with Crippen LogP contribution >= 0.6 is 0 Å². The number of hydrogen-bond acceptors (Lipinski definition) is 5. The lowest BCUT2D eigenvalue weighted by molar-refractivity contribution is 0.0643. The topological polar surface area (TPSA) is 94.1 Å². The Hall–Kier alpha value is -2.61. The number of aromatic nitrogens is 4. The second-order valence-corrected chi connectivity index (χ2v) is 6.64. The number of nitrogens with one attached hydrogen (secondary N) is 2. The average molecular weight is 357 g/mol. The van der Waals surface area contributed by atoms with Crippen LogP contribution in [0.3, 0.4) is 0 Å². The van der Waals surface area contributed by atoms with Crippen molar-refractivity contribution in [1.82, 2.24) is 24.8 Å². The van der Waals surface area contributed by atoms with Crippen molar-refractivity contribution in [2.45, 2.75) is 37.8 Å². The fraction of sp³-hybridized carbons (Fsp3) is 0.500. The molecule has 138 valence electrons. The first-order valence-corrected chi connectivity index (χ1v) is 8.98. The molecule has 4 rings (SSSR count). The van der Waals surface area contributed by atoms with Gasteiger partial charge in [0.2, 0.25) is 0 Å². The Balaban J connectivity index is 1.41. The van der Waals surface area contributed by atoms with Crippen LogP contribution in [0.2, 0.25) is 0 Å². The van der Waals surface area contributed by atoms with E-state index < -0.39 is 0 Å². The number of imidazole rings is 1. The molecule has 2 N–H and O–H groups in total. The Labute approximate surface area is 150 Å². The Morgan fingerprint density at radius 3 is 3.00 bits per heavy atom. The van der Waals surface area contributed by atoms with E-state index in [1.807, 2.05) is 24.8 Å². The number of H-pyrrole nitrogens is 1. The summed E-state index contributed by atoms with van der Waals surface area (Å²) in [6.45, 7) is 0.949. The number of fused-ring (bicyclic) bond motifs is 3. The van der Waals surface area contributed by atoms with Crippen LogP contribution in [-0.2, 0) is 9.47 Å². The molecule has 0 bridgehead atoms. The molecule has 1 fully saturated rings. The van der Waals surface area contributed by atoms with Gasteiger partial charge in [-0.25, -0.2) is 14.8 Å². The Bertz CT molecular complexity index is 895. The van der Waals surface area contributed by atoms with Crippen molar-refractivity contribution in [3.63, 3.8) is 0 Å². The predicted molar refractivity (Wildman–Crippen MR) is 97.0 cm³/mol. The lowest BCUT2D eigenvalue weighted by atomic mass is 9.92. The number of nitrogens with zero attached hydrogens (tertiary/aromatic N) is 3. The first-order chi connectivity index (χ1) is 12.8. The van der Waals surface area contributed by atoms with E-state index in [4.69, 9.17) is 9.47 Å². The third-order valence-corrected chi connectivity index (χ3v) is 5.00. The van der Waals surface area contributed by atoms with Crippen LogP contribution in [0.5, 0.6) is 0 Å². The van der Waals surface area contributed by atoms with Crippen LogP contribution in [0.4, 0.5) is 4.79 Å². The van der Waals surface area contributed by atoms with Crippen molar-refractivity contribution in [2.75, 3.05) is 20.3 Å². The minimum Gasteiger partial charge on any atom is -0.446 e. The monoisotopic (exact) mass is 357 g/mol. The summed E-state index contributed by atoms with van der Waals surface area (Å²) < 4.78 is 12.7. The van der Waals surface area contributed by atoms with Gasteiger partial charge in [-0.05, 0) is 31.7 Å². The van der Waals surface area contributed by atoms with Crippen LogP contribution < -0.4 is 5.32 Å². The molecule has 26 heavy (non-hydrogen) atoms. The molecule has 1 saturated carbocycles. The van der Waals surface area contributed by atoms with Gasteiger partial charge in [-0.15, -0.1) is 0 Å². The maximum absolute atomic E-state index is 11.8. The lowest BCUT2D eigenvalue weighted by Gasteiger charge is -2.29. The third-order valence-electron chi connectivity index (χ3n) is 5.00. The molecular formula is C18H23N5O3. The molecule has 1 aliphatic rings. The maximum atomic E-state index is 11.8. The van der Waals surface area contributed by atoms with Gasteiger partial charge >= 0.3 is 6.09 Å². The number of rotatable bonds is 5. The number of pyridine rings is 1. The molecule has 0 unspecified atom stereocenters. The second kappa shape index (κ2) is 7.33. The number of carbonyl (C=O) groups excluding carboxylic acids is 1. The summed E-state index contributed by atoms with van der Waals surface area (Å²) >= 11 is 0. The van der Waals surface area contributed by atoms with Crippen molar-refractivity contribution in [3.8, 4) is 0 Å². The van der Waals surface area contributed by atoms with Gasteiger partial charge in [-0.2, -0.15) is 0 Å². The largest absolute Gasteiger partial charge is 0.446 e. The molecular weight excluding hydrogens is 334 g/mol. The quantitative estimate of drug-likeness (QED) is 0.685. The third kappa shape index (κ3) is 3.24. The summed E-state index contributed by atoms with van der Waals surface area (Å²) in [5, 5.41) is 3.79. The van der Waals surface area contributed by atoms with Crippen LogP contribution in [0.15, 0.2) is 24.8 Å². The highest BCUT2D eigenvalue weighted by Gasteiger charge is 2.26. The zero-order valence-corrected chi connectivity index (χ0v) is 14.8. The molecule has 0 saturated heterocycles. The number of hydrogen-bond donors (Lipinski definition) is 2. The van der Waals surface area contributed by atoms with Gasteiger partial charge in [0.25, 0.3) is 0 Å². The molecule has 3 aromatic heterocycles. The first kappa shape index (κ1) is 16.8. The molecule has 0 aliphatic heterocycles. The standard InChI is InChI=1S/C18H23N5O3/c1-25-9-8-20-18(24)26-13-4-2-12(3-5-13)23-11-22-15-10-21-17-14(16(15)23)6-7-19-17/h6-7,10-13H,2-5,8-9H2,1H3,(H,19,21)(H,20,24). The maximum Gasteiger partial charge on any atom is 0.407 e. The summed E-state index contributed by atoms with van der Waals surface area (Å²) in [5.41, 5.74) is 2.91. The summed E-state index contributed by atoms with van der Waals surface area (Å²) in [7, 11) is 1.60.